The Balaban J connectivity index is 1.77. The maximum absolute atomic E-state index is 13.3. The molecule has 2 unspecified atom stereocenters. The molecule has 21 heavy (non-hydrogen) atoms. The van der Waals surface area contributed by atoms with Crippen LogP contribution >= 0.6 is 11.3 Å². The maximum atomic E-state index is 13.3. The number of hydrogen-bond acceptors (Lipinski definition) is 2. The summed E-state index contributed by atoms with van der Waals surface area (Å²) >= 11 is 1.81. The molecule has 0 aliphatic heterocycles. The molecule has 0 aliphatic carbocycles. The van der Waals surface area contributed by atoms with Crippen LogP contribution in [0.25, 0.3) is 10.1 Å². The van der Waals surface area contributed by atoms with Crippen molar-refractivity contribution in [2.75, 3.05) is 0 Å². The lowest BCUT2D eigenvalue weighted by molar-refractivity contribution is 0.497. The van der Waals surface area contributed by atoms with Crippen LogP contribution in [0.1, 0.15) is 36.4 Å². The average Bonchev–Trinajstić information content (AvgIpc) is 2.91. The van der Waals surface area contributed by atoms with Gasteiger partial charge in [0.2, 0.25) is 0 Å². The highest BCUT2D eigenvalue weighted by molar-refractivity contribution is 7.19. The van der Waals surface area contributed by atoms with E-state index in [1.165, 1.54) is 21.0 Å². The van der Waals surface area contributed by atoms with Crippen LogP contribution in [0, 0.1) is 5.82 Å². The zero-order valence-corrected chi connectivity index (χ0v) is 13.0. The van der Waals surface area contributed by atoms with E-state index in [9.17, 15) is 4.39 Å². The van der Waals surface area contributed by atoms with Crippen LogP contribution in [-0.2, 0) is 0 Å². The standard InChI is InChI=1S/C18H18FNS/c1-12(14-7-5-8-16(19)10-14)20-13(2)18-11-15-6-3-4-9-17(15)21-18/h3-13,20H,1-2H3. The van der Waals surface area contributed by atoms with Crippen molar-refractivity contribution >= 4 is 21.4 Å². The Labute approximate surface area is 128 Å². The Bertz CT molecular complexity index is 717. The summed E-state index contributed by atoms with van der Waals surface area (Å²) in [6.45, 7) is 4.22. The molecular formula is C18H18FNS. The number of hydrogen-bond donors (Lipinski definition) is 1. The average molecular weight is 299 g/mol. The number of thiophene rings is 1. The third-order valence-electron chi connectivity index (χ3n) is 3.72. The molecule has 1 nitrogen and oxygen atoms in total. The summed E-state index contributed by atoms with van der Waals surface area (Å²) in [6.07, 6.45) is 0. The van der Waals surface area contributed by atoms with Crippen LogP contribution in [0.2, 0.25) is 0 Å². The van der Waals surface area contributed by atoms with Crippen molar-refractivity contribution in [3.05, 3.63) is 70.9 Å². The quantitative estimate of drug-likeness (QED) is 0.675. The molecule has 0 radical (unpaired) electrons. The zero-order valence-electron chi connectivity index (χ0n) is 12.1. The molecule has 0 aliphatic rings. The number of benzene rings is 2. The summed E-state index contributed by atoms with van der Waals surface area (Å²) < 4.78 is 14.6. The normalized spacial score (nSPS) is 14.2. The molecule has 3 heteroatoms. The highest BCUT2D eigenvalue weighted by atomic mass is 32.1. The van der Waals surface area contributed by atoms with Gasteiger partial charge in [-0.2, -0.15) is 0 Å². The largest absolute Gasteiger partial charge is 0.303 e. The van der Waals surface area contributed by atoms with Gasteiger partial charge in [0.15, 0.2) is 0 Å². The van der Waals surface area contributed by atoms with Crippen LogP contribution in [-0.4, -0.2) is 0 Å². The third-order valence-corrected chi connectivity index (χ3v) is 5.02. The van der Waals surface area contributed by atoms with Crippen LogP contribution in [0.15, 0.2) is 54.6 Å². The summed E-state index contributed by atoms with van der Waals surface area (Å²) in [5, 5.41) is 4.83. The van der Waals surface area contributed by atoms with Crippen molar-refractivity contribution in [1.82, 2.24) is 5.32 Å². The summed E-state index contributed by atoms with van der Waals surface area (Å²) in [5.74, 6) is -0.185. The highest BCUT2D eigenvalue weighted by Crippen LogP contribution is 2.30. The summed E-state index contributed by atoms with van der Waals surface area (Å²) in [4.78, 5) is 1.31. The van der Waals surface area contributed by atoms with Crippen molar-refractivity contribution < 1.29 is 4.39 Å². The Morgan fingerprint density at radius 1 is 0.952 bits per heavy atom. The van der Waals surface area contributed by atoms with Crippen molar-refractivity contribution in [3.8, 4) is 0 Å². The third kappa shape index (κ3) is 3.14. The number of halogens is 1. The molecule has 108 valence electrons. The smallest absolute Gasteiger partial charge is 0.123 e. The minimum atomic E-state index is -0.185. The molecular weight excluding hydrogens is 281 g/mol. The minimum Gasteiger partial charge on any atom is -0.303 e. The lowest BCUT2D eigenvalue weighted by Gasteiger charge is -2.19. The predicted octanol–water partition coefficient (Wildman–Crippen LogP) is 5.45. The fourth-order valence-corrected chi connectivity index (χ4v) is 3.62. The molecule has 1 aromatic heterocycles. The van der Waals surface area contributed by atoms with Gasteiger partial charge in [-0.3, -0.25) is 0 Å². The van der Waals surface area contributed by atoms with Gasteiger partial charge in [0.25, 0.3) is 0 Å². The lowest BCUT2D eigenvalue weighted by Crippen LogP contribution is -2.21. The number of fused-ring (bicyclic) bond motifs is 1. The molecule has 0 amide bonds. The molecule has 0 bridgehead atoms. The van der Waals surface area contributed by atoms with Gasteiger partial charge < -0.3 is 5.32 Å². The van der Waals surface area contributed by atoms with Gasteiger partial charge in [-0.15, -0.1) is 11.3 Å². The van der Waals surface area contributed by atoms with Gasteiger partial charge in [-0.05, 0) is 49.1 Å². The molecule has 3 rings (SSSR count). The maximum Gasteiger partial charge on any atom is 0.123 e. The van der Waals surface area contributed by atoms with Crippen molar-refractivity contribution in [1.29, 1.82) is 0 Å². The molecule has 2 atom stereocenters. The van der Waals surface area contributed by atoms with Crippen LogP contribution in [0.4, 0.5) is 4.39 Å². The van der Waals surface area contributed by atoms with Crippen molar-refractivity contribution in [2.24, 2.45) is 0 Å². The molecule has 1 N–H and O–H groups in total. The monoisotopic (exact) mass is 299 g/mol. The first kappa shape index (κ1) is 14.2. The van der Waals surface area contributed by atoms with Gasteiger partial charge >= 0.3 is 0 Å². The SMILES string of the molecule is CC(NC(C)c1cc2ccccc2s1)c1cccc(F)c1. The Kier molecular flexibility index (Phi) is 4.04. The summed E-state index contributed by atoms with van der Waals surface area (Å²) in [5.41, 5.74) is 0.975. The second-order valence-corrected chi connectivity index (χ2v) is 6.47. The van der Waals surface area contributed by atoms with Gasteiger partial charge in [-0.1, -0.05) is 30.3 Å². The zero-order chi connectivity index (χ0) is 14.8. The van der Waals surface area contributed by atoms with E-state index >= 15 is 0 Å². The Morgan fingerprint density at radius 3 is 2.52 bits per heavy atom. The number of nitrogens with one attached hydrogen (secondary N) is 1. The van der Waals surface area contributed by atoms with E-state index in [-0.39, 0.29) is 17.9 Å². The highest BCUT2D eigenvalue weighted by Gasteiger charge is 2.13. The van der Waals surface area contributed by atoms with E-state index in [2.05, 4.69) is 49.5 Å². The minimum absolute atomic E-state index is 0.112. The fraction of sp³-hybridized carbons (Fsp3) is 0.222. The van der Waals surface area contributed by atoms with Gasteiger partial charge in [0, 0.05) is 21.7 Å². The predicted molar refractivity (Wildman–Crippen MR) is 88.2 cm³/mol. The molecule has 0 fully saturated rings. The van der Waals surface area contributed by atoms with Crippen molar-refractivity contribution in [2.45, 2.75) is 25.9 Å². The molecule has 2 aromatic carbocycles. The van der Waals surface area contributed by atoms with Crippen LogP contribution < -0.4 is 5.32 Å². The van der Waals surface area contributed by atoms with E-state index in [0.29, 0.717) is 0 Å². The van der Waals surface area contributed by atoms with Crippen LogP contribution in [0.3, 0.4) is 0 Å². The van der Waals surface area contributed by atoms with Crippen molar-refractivity contribution in [3.63, 3.8) is 0 Å². The number of rotatable bonds is 4. The van der Waals surface area contributed by atoms with Crippen LogP contribution in [0.5, 0.6) is 0 Å². The van der Waals surface area contributed by atoms with E-state index < -0.39 is 0 Å². The first-order valence-electron chi connectivity index (χ1n) is 7.13. The lowest BCUT2D eigenvalue weighted by atomic mass is 10.1. The first-order valence-corrected chi connectivity index (χ1v) is 7.95. The first-order chi connectivity index (χ1) is 10.1. The summed E-state index contributed by atoms with van der Waals surface area (Å²) in [6, 6.07) is 17.8. The van der Waals surface area contributed by atoms with Gasteiger partial charge in [0.05, 0.1) is 0 Å². The second kappa shape index (κ2) is 5.96. The Morgan fingerprint density at radius 2 is 1.76 bits per heavy atom. The summed E-state index contributed by atoms with van der Waals surface area (Å²) in [7, 11) is 0. The Hall–Kier alpha value is -1.71. The van der Waals surface area contributed by atoms with E-state index in [0.717, 1.165) is 5.56 Å². The van der Waals surface area contributed by atoms with E-state index in [1.54, 1.807) is 12.1 Å². The molecule has 3 aromatic rings. The second-order valence-electron chi connectivity index (χ2n) is 5.35. The van der Waals surface area contributed by atoms with E-state index in [1.807, 2.05) is 17.4 Å². The van der Waals surface area contributed by atoms with Gasteiger partial charge in [-0.25, -0.2) is 4.39 Å². The topological polar surface area (TPSA) is 12.0 Å². The van der Waals surface area contributed by atoms with Gasteiger partial charge in [0.1, 0.15) is 5.82 Å². The molecule has 1 heterocycles. The van der Waals surface area contributed by atoms with E-state index in [4.69, 9.17) is 0 Å². The molecule has 0 saturated carbocycles. The molecule has 0 saturated heterocycles. The molecule has 0 spiro atoms. The fourth-order valence-electron chi connectivity index (χ4n) is 2.55.